The third kappa shape index (κ3) is 4.17. The van der Waals surface area contributed by atoms with Gasteiger partial charge in [0.1, 0.15) is 0 Å². The van der Waals surface area contributed by atoms with Crippen LogP contribution >= 0.6 is 0 Å². The summed E-state index contributed by atoms with van der Waals surface area (Å²) in [5.74, 6) is 0.896. The molecular formula is C16H32N2O. The fourth-order valence-corrected chi connectivity index (χ4v) is 3.66. The molecule has 0 aromatic carbocycles. The normalized spacial score (nSPS) is 36.0. The molecule has 3 nitrogen and oxygen atoms in total. The molecule has 0 radical (unpaired) electrons. The average Bonchev–Trinajstić information content (AvgIpc) is 2.94. The van der Waals surface area contributed by atoms with Crippen molar-refractivity contribution < 1.29 is 4.74 Å². The van der Waals surface area contributed by atoms with Gasteiger partial charge in [0.15, 0.2) is 0 Å². The molecule has 112 valence electrons. The van der Waals surface area contributed by atoms with E-state index in [4.69, 9.17) is 10.5 Å². The summed E-state index contributed by atoms with van der Waals surface area (Å²) < 4.78 is 5.79. The van der Waals surface area contributed by atoms with E-state index in [0.717, 1.165) is 32.2 Å². The highest BCUT2D eigenvalue weighted by molar-refractivity contribution is 4.89. The molecule has 3 heteroatoms. The van der Waals surface area contributed by atoms with Crippen molar-refractivity contribution in [1.82, 2.24) is 4.90 Å². The number of hydrogen-bond acceptors (Lipinski definition) is 3. The maximum atomic E-state index is 6.14. The Morgan fingerprint density at radius 1 is 1.26 bits per heavy atom. The fraction of sp³-hybridized carbons (Fsp3) is 1.00. The van der Waals surface area contributed by atoms with Crippen molar-refractivity contribution in [3.8, 4) is 0 Å². The van der Waals surface area contributed by atoms with Crippen LogP contribution in [-0.2, 0) is 4.74 Å². The molecule has 2 rings (SSSR count). The highest BCUT2D eigenvalue weighted by Crippen LogP contribution is 2.38. The van der Waals surface area contributed by atoms with Crippen molar-refractivity contribution in [3.63, 3.8) is 0 Å². The molecule has 1 aliphatic carbocycles. The van der Waals surface area contributed by atoms with E-state index < -0.39 is 0 Å². The average molecular weight is 268 g/mol. The van der Waals surface area contributed by atoms with E-state index in [9.17, 15) is 0 Å². The zero-order valence-corrected chi connectivity index (χ0v) is 12.9. The van der Waals surface area contributed by atoms with Crippen molar-refractivity contribution in [2.75, 3.05) is 32.8 Å². The molecule has 1 unspecified atom stereocenters. The highest BCUT2D eigenvalue weighted by Gasteiger charge is 2.35. The molecular weight excluding hydrogens is 236 g/mol. The molecule has 0 aromatic rings. The highest BCUT2D eigenvalue weighted by atomic mass is 16.5. The zero-order valence-electron chi connectivity index (χ0n) is 12.9. The summed E-state index contributed by atoms with van der Waals surface area (Å²) in [7, 11) is 0. The fourth-order valence-electron chi connectivity index (χ4n) is 3.66. The van der Waals surface area contributed by atoms with Crippen LogP contribution in [0.3, 0.4) is 0 Å². The summed E-state index contributed by atoms with van der Waals surface area (Å²) in [6.45, 7) is 9.86. The molecule has 2 N–H and O–H groups in total. The largest absolute Gasteiger partial charge is 0.377 e. The molecule has 0 aromatic heterocycles. The molecule has 0 amide bonds. The molecule has 1 aliphatic heterocycles. The topological polar surface area (TPSA) is 38.5 Å². The lowest BCUT2D eigenvalue weighted by atomic mass is 9.70. The lowest BCUT2D eigenvalue weighted by Gasteiger charge is -2.42. The summed E-state index contributed by atoms with van der Waals surface area (Å²) in [6.07, 6.45) is 8.28. The van der Waals surface area contributed by atoms with Gasteiger partial charge in [-0.2, -0.15) is 0 Å². The minimum atomic E-state index is 0.376. The van der Waals surface area contributed by atoms with E-state index in [0.29, 0.717) is 11.5 Å². The SMILES string of the molecule is CCN(CC1CCCO1)CC1(CN)CCC(C)CC1. The Morgan fingerprint density at radius 3 is 2.53 bits per heavy atom. The molecule has 1 saturated carbocycles. The minimum absolute atomic E-state index is 0.376. The van der Waals surface area contributed by atoms with Gasteiger partial charge in [0, 0.05) is 19.7 Å². The maximum absolute atomic E-state index is 6.14. The third-order valence-electron chi connectivity index (χ3n) is 5.26. The van der Waals surface area contributed by atoms with Crippen LogP contribution in [0.4, 0.5) is 0 Å². The lowest BCUT2D eigenvalue weighted by molar-refractivity contribution is 0.0428. The number of hydrogen-bond donors (Lipinski definition) is 1. The smallest absolute Gasteiger partial charge is 0.0702 e. The second kappa shape index (κ2) is 7.05. The summed E-state index contributed by atoms with van der Waals surface area (Å²) in [6, 6.07) is 0. The second-order valence-electron chi connectivity index (χ2n) is 6.85. The van der Waals surface area contributed by atoms with Gasteiger partial charge in [0.05, 0.1) is 6.10 Å². The summed E-state index contributed by atoms with van der Waals surface area (Å²) >= 11 is 0. The Kier molecular flexibility index (Phi) is 5.67. The number of ether oxygens (including phenoxy) is 1. The number of rotatable bonds is 6. The monoisotopic (exact) mass is 268 g/mol. The molecule has 19 heavy (non-hydrogen) atoms. The predicted molar refractivity (Wildman–Crippen MR) is 80.2 cm³/mol. The number of likely N-dealkylation sites (N-methyl/N-ethyl adjacent to an activating group) is 1. The molecule has 1 atom stereocenters. The van der Waals surface area contributed by atoms with Gasteiger partial charge in [-0.25, -0.2) is 0 Å². The zero-order chi connectivity index (χ0) is 13.7. The molecule has 2 aliphatic rings. The van der Waals surface area contributed by atoms with Gasteiger partial charge in [0.2, 0.25) is 0 Å². The van der Waals surface area contributed by atoms with E-state index in [1.54, 1.807) is 0 Å². The molecule has 2 fully saturated rings. The molecule has 1 heterocycles. The quantitative estimate of drug-likeness (QED) is 0.805. The van der Waals surface area contributed by atoms with Crippen LogP contribution in [0.25, 0.3) is 0 Å². The van der Waals surface area contributed by atoms with Crippen molar-refractivity contribution in [2.45, 2.75) is 58.5 Å². The van der Waals surface area contributed by atoms with E-state index in [-0.39, 0.29) is 0 Å². The Hall–Kier alpha value is -0.120. The van der Waals surface area contributed by atoms with Gasteiger partial charge < -0.3 is 15.4 Å². The third-order valence-corrected chi connectivity index (χ3v) is 5.26. The van der Waals surface area contributed by atoms with Gasteiger partial charge in [-0.15, -0.1) is 0 Å². The van der Waals surface area contributed by atoms with Gasteiger partial charge in [-0.05, 0) is 50.1 Å². The van der Waals surface area contributed by atoms with Crippen LogP contribution in [0.15, 0.2) is 0 Å². The van der Waals surface area contributed by atoms with Crippen LogP contribution in [0.2, 0.25) is 0 Å². The van der Waals surface area contributed by atoms with Crippen molar-refractivity contribution in [2.24, 2.45) is 17.1 Å². The van der Waals surface area contributed by atoms with Crippen LogP contribution in [0.5, 0.6) is 0 Å². The van der Waals surface area contributed by atoms with Crippen molar-refractivity contribution >= 4 is 0 Å². The van der Waals surface area contributed by atoms with Crippen LogP contribution < -0.4 is 5.73 Å². The summed E-state index contributed by atoms with van der Waals surface area (Å²) in [5, 5.41) is 0. The van der Waals surface area contributed by atoms with Gasteiger partial charge in [-0.1, -0.05) is 26.7 Å². The first kappa shape index (κ1) is 15.3. The second-order valence-corrected chi connectivity index (χ2v) is 6.85. The number of nitrogens with zero attached hydrogens (tertiary/aromatic N) is 1. The van der Waals surface area contributed by atoms with E-state index in [1.165, 1.54) is 45.1 Å². The van der Waals surface area contributed by atoms with E-state index in [1.807, 2.05) is 0 Å². The maximum Gasteiger partial charge on any atom is 0.0702 e. The van der Waals surface area contributed by atoms with Crippen molar-refractivity contribution in [3.05, 3.63) is 0 Å². The Morgan fingerprint density at radius 2 is 2.00 bits per heavy atom. The first-order chi connectivity index (χ1) is 9.17. The van der Waals surface area contributed by atoms with Crippen LogP contribution in [0, 0.1) is 11.3 Å². The molecule has 0 spiro atoms. The molecule has 1 saturated heterocycles. The molecule has 0 bridgehead atoms. The van der Waals surface area contributed by atoms with Crippen molar-refractivity contribution in [1.29, 1.82) is 0 Å². The van der Waals surface area contributed by atoms with Gasteiger partial charge in [-0.3, -0.25) is 0 Å². The summed E-state index contributed by atoms with van der Waals surface area (Å²) in [5.41, 5.74) is 6.51. The van der Waals surface area contributed by atoms with Crippen LogP contribution in [-0.4, -0.2) is 43.8 Å². The Bertz CT molecular complexity index is 255. The Balaban J connectivity index is 1.87. The van der Waals surface area contributed by atoms with Gasteiger partial charge >= 0.3 is 0 Å². The minimum Gasteiger partial charge on any atom is -0.377 e. The van der Waals surface area contributed by atoms with Gasteiger partial charge in [0.25, 0.3) is 0 Å². The standard InChI is InChI=1S/C16H32N2O/c1-3-18(11-15-5-4-10-19-15)13-16(12-17)8-6-14(2)7-9-16/h14-15H,3-13,17H2,1-2H3. The first-order valence-corrected chi connectivity index (χ1v) is 8.21. The van der Waals surface area contributed by atoms with E-state index in [2.05, 4.69) is 18.7 Å². The van der Waals surface area contributed by atoms with E-state index >= 15 is 0 Å². The first-order valence-electron chi connectivity index (χ1n) is 8.21. The lowest BCUT2D eigenvalue weighted by Crippen LogP contribution is -2.46. The number of nitrogens with two attached hydrogens (primary N) is 1. The Labute approximate surface area is 118 Å². The predicted octanol–water partition coefficient (Wildman–Crippen LogP) is 2.64. The van der Waals surface area contributed by atoms with Crippen LogP contribution in [0.1, 0.15) is 52.4 Å². The summed E-state index contributed by atoms with van der Waals surface area (Å²) in [4.78, 5) is 2.58.